The Morgan fingerprint density at radius 3 is 2.54 bits per heavy atom. The lowest BCUT2D eigenvalue weighted by Crippen LogP contribution is -2.46. The molecule has 3 aliphatic rings. The van der Waals surface area contributed by atoms with Crippen molar-refractivity contribution in [1.29, 1.82) is 0 Å². The van der Waals surface area contributed by atoms with Crippen LogP contribution in [0.2, 0.25) is 6.32 Å². The maximum Gasteiger partial charge on any atom is 0.455 e. The fraction of sp³-hybridized carbons (Fsp3) is 0.400. The topological polar surface area (TPSA) is 150 Å². The summed E-state index contributed by atoms with van der Waals surface area (Å²) in [5.41, 5.74) is 4.91. The van der Waals surface area contributed by atoms with Gasteiger partial charge in [-0.15, -0.1) is 0 Å². The number of imide groups is 1. The summed E-state index contributed by atoms with van der Waals surface area (Å²) < 4.78 is 5.95. The van der Waals surface area contributed by atoms with Crippen LogP contribution >= 0.6 is 0 Å². The lowest BCUT2D eigenvalue weighted by molar-refractivity contribution is -0.384. The fourth-order valence-corrected chi connectivity index (χ4v) is 6.70. The summed E-state index contributed by atoms with van der Waals surface area (Å²) in [6, 6.07) is 9.25. The molecule has 0 unspecified atom stereocenters. The van der Waals surface area contributed by atoms with Crippen LogP contribution in [0.25, 0.3) is 6.08 Å². The maximum absolute atomic E-state index is 13.7. The van der Waals surface area contributed by atoms with Crippen LogP contribution in [0.3, 0.4) is 0 Å². The molecule has 2 fully saturated rings. The largest absolute Gasteiger partial charge is 0.507 e. The molecule has 0 spiro atoms. The van der Waals surface area contributed by atoms with E-state index in [4.69, 9.17) is 4.65 Å². The van der Waals surface area contributed by atoms with Crippen LogP contribution in [0.4, 0.5) is 11.4 Å². The number of benzene rings is 2. The van der Waals surface area contributed by atoms with Gasteiger partial charge in [-0.2, -0.15) is 0 Å². The molecule has 2 amide bonds. The summed E-state index contributed by atoms with van der Waals surface area (Å²) in [7, 11) is -1.14. The van der Waals surface area contributed by atoms with Crippen LogP contribution in [0.1, 0.15) is 42.9 Å². The third-order valence-corrected chi connectivity index (χ3v) is 8.52. The molecule has 10 nitrogen and oxygen atoms in total. The molecule has 5 rings (SSSR count). The van der Waals surface area contributed by atoms with Crippen LogP contribution in [0.5, 0.6) is 5.75 Å². The van der Waals surface area contributed by atoms with Crippen molar-refractivity contribution < 1.29 is 34.4 Å². The standard InChI is InChI=1S/C30H33BN2O8/c1-16(9-19-10-17(2)28(35)18(3)11-19)7-8-25-26-20(15-34)12-23-27(24(26)14-31(38)41-25)30(37)32(29(23)36)21-5-4-6-22(13-21)33(39)40/h4-6,9-11,13,23-25,27,34-35,38H,7-8,12,14-15H2,1-3H3/b16-9+/t23-,24+,25-,27-/m1/s1. The molecule has 0 radical (unpaired) electrons. The zero-order valence-corrected chi connectivity index (χ0v) is 23.2. The number of nitrogens with zero attached hydrogens (tertiary/aromatic N) is 2. The number of phenols is 1. The van der Waals surface area contributed by atoms with Crippen molar-refractivity contribution >= 4 is 36.4 Å². The van der Waals surface area contributed by atoms with Gasteiger partial charge in [0.1, 0.15) is 5.75 Å². The first-order chi connectivity index (χ1) is 19.5. The number of fused-ring (bicyclic) bond motifs is 3. The van der Waals surface area contributed by atoms with E-state index in [0.29, 0.717) is 18.4 Å². The number of aliphatic hydroxyl groups excluding tert-OH is 1. The van der Waals surface area contributed by atoms with E-state index in [2.05, 4.69) is 0 Å². The van der Waals surface area contributed by atoms with Gasteiger partial charge in [0.05, 0.1) is 35.2 Å². The molecule has 41 heavy (non-hydrogen) atoms. The second kappa shape index (κ2) is 11.2. The van der Waals surface area contributed by atoms with Crippen molar-refractivity contribution in [3.63, 3.8) is 0 Å². The molecule has 3 N–H and O–H groups in total. The minimum atomic E-state index is -1.14. The van der Waals surface area contributed by atoms with E-state index in [1.165, 1.54) is 24.3 Å². The van der Waals surface area contributed by atoms with Crippen LogP contribution in [0, 0.1) is 41.7 Å². The smallest absolute Gasteiger partial charge is 0.455 e. The van der Waals surface area contributed by atoms with E-state index >= 15 is 0 Å². The van der Waals surface area contributed by atoms with Crippen LogP contribution in [0.15, 0.2) is 53.1 Å². The van der Waals surface area contributed by atoms with Gasteiger partial charge in [-0.3, -0.25) is 19.7 Å². The Balaban J connectivity index is 1.41. The average molecular weight is 560 g/mol. The highest BCUT2D eigenvalue weighted by Gasteiger charge is 2.57. The van der Waals surface area contributed by atoms with Gasteiger partial charge >= 0.3 is 7.12 Å². The Bertz CT molecular complexity index is 1460. The zero-order valence-electron chi connectivity index (χ0n) is 23.2. The predicted octanol–water partition coefficient (Wildman–Crippen LogP) is 4.09. The number of hydrogen-bond acceptors (Lipinski definition) is 8. The van der Waals surface area contributed by atoms with Gasteiger partial charge in [0.15, 0.2) is 0 Å². The van der Waals surface area contributed by atoms with Gasteiger partial charge in [0.2, 0.25) is 11.8 Å². The number of anilines is 1. The summed E-state index contributed by atoms with van der Waals surface area (Å²) in [5.74, 6) is -2.63. The molecule has 11 heteroatoms. The van der Waals surface area contributed by atoms with Crippen molar-refractivity contribution in [3.05, 3.63) is 79.9 Å². The van der Waals surface area contributed by atoms with Crippen molar-refractivity contribution in [2.75, 3.05) is 11.5 Å². The van der Waals surface area contributed by atoms with E-state index in [1.54, 1.807) is 0 Å². The van der Waals surface area contributed by atoms with Gasteiger partial charge < -0.3 is 19.9 Å². The highest BCUT2D eigenvalue weighted by molar-refractivity contribution is 6.43. The van der Waals surface area contributed by atoms with Crippen molar-refractivity contribution in [3.8, 4) is 5.75 Å². The normalized spacial score (nSPS) is 24.6. The third-order valence-electron chi connectivity index (χ3n) is 8.52. The Morgan fingerprint density at radius 1 is 1.17 bits per heavy atom. The number of aromatic hydroxyl groups is 1. The Labute approximate surface area is 238 Å². The molecule has 4 atom stereocenters. The van der Waals surface area contributed by atoms with E-state index < -0.39 is 47.7 Å². The molecule has 0 aromatic heterocycles. The van der Waals surface area contributed by atoms with Crippen LogP contribution < -0.4 is 4.90 Å². The highest BCUT2D eigenvalue weighted by atomic mass is 16.6. The Hall–Kier alpha value is -3.80. The number of carbonyl (C=O) groups is 2. The zero-order chi connectivity index (χ0) is 29.6. The number of nitro benzene ring substituents is 1. The Kier molecular flexibility index (Phi) is 7.87. The summed E-state index contributed by atoms with van der Waals surface area (Å²) >= 11 is 0. The molecule has 0 bridgehead atoms. The molecule has 2 aromatic carbocycles. The SMILES string of the molecule is C/C(=C\c1cc(C)c(O)c(C)c1)CC[C@H]1OB(O)C[C@H]2C1=C(CO)C[C@H]1C(=O)N(c3cccc([N+](=O)[O-])c3)C(=O)[C@H]12. The molecule has 2 heterocycles. The lowest BCUT2D eigenvalue weighted by Gasteiger charge is -2.42. The molecule has 1 aliphatic carbocycles. The molecular formula is C30H33BN2O8. The minimum absolute atomic E-state index is 0.110. The number of hydrogen-bond donors (Lipinski definition) is 3. The van der Waals surface area contributed by atoms with Crippen molar-refractivity contribution in [2.45, 2.75) is 52.5 Å². The molecule has 214 valence electrons. The Morgan fingerprint density at radius 2 is 1.88 bits per heavy atom. The van der Waals surface area contributed by atoms with Crippen molar-refractivity contribution in [2.24, 2.45) is 17.8 Å². The molecule has 0 saturated carbocycles. The summed E-state index contributed by atoms with van der Waals surface area (Å²) in [4.78, 5) is 39.0. The fourth-order valence-electron chi connectivity index (χ4n) is 6.70. The van der Waals surface area contributed by atoms with E-state index in [9.17, 15) is 34.9 Å². The molecule has 2 aromatic rings. The van der Waals surface area contributed by atoms with Gasteiger partial charge in [0.25, 0.3) is 5.69 Å². The summed E-state index contributed by atoms with van der Waals surface area (Å²) in [6.07, 6.45) is 2.89. The molecule has 2 aliphatic heterocycles. The van der Waals surface area contributed by atoms with Crippen molar-refractivity contribution in [1.82, 2.24) is 0 Å². The number of aliphatic hydroxyl groups is 1. The number of nitro groups is 1. The number of allylic oxidation sites excluding steroid dienone is 1. The average Bonchev–Trinajstić information content (AvgIpc) is 3.18. The molecular weight excluding hydrogens is 527 g/mol. The first-order valence-corrected chi connectivity index (χ1v) is 13.8. The number of non-ortho nitro benzene ring substituents is 1. The first kappa shape index (κ1) is 28.7. The quantitative estimate of drug-likeness (QED) is 0.151. The van der Waals surface area contributed by atoms with Gasteiger partial charge in [-0.05, 0) is 98.3 Å². The van der Waals surface area contributed by atoms with E-state index in [1.807, 2.05) is 39.0 Å². The van der Waals surface area contributed by atoms with Gasteiger partial charge in [-0.1, -0.05) is 17.7 Å². The number of amides is 2. The number of carbonyl (C=O) groups excluding carboxylic acids is 2. The van der Waals surface area contributed by atoms with Gasteiger partial charge in [-0.25, -0.2) is 4.90 Å². The molecule has 2 saturated heterocycles. The summed E-state index contributed by atoms with van der Waals surface area (Å²) in [5, 5.41) is 42.4. The predicted molar refractivity (Wildman–Crippen MR) is 153 cm³/mol. The number of phenolic OH excluding ortho intramolecular Hbond substituents is 1. The monoisotopic (exact) mass is 560 g/mol. The maximum atomic E-state index is 13.7. The van der Waals surface area contributed by atoms with E-state index in [0.717, 1.165) is 32.7 Å². The van der Waals surface area contributed by atoms with Gasteiger partial charge in [0, 0.05) is 12.1 Å². The summed E-state index contributed by atoms with van der Waals surface area (Å²) in [6.45, 7) is 5.38. The van der Waals surface area contributed by atoms with E-state index in [-0.39, 0.29) is 36.5 Å². The minimum Gasteiger partial charge on any atom is -0.507 e. The second-order valence-electron chi connectivity index (χ2n) is 11.3. The van der Waals surface area contributed by atoms with Crippen LogP contribution in [-0.2, 0) is 14.2 Å². The lowest BCUT2D eigenvalue weighted by atomic mass is 9.58. The number of rotatable bonds is 7. The second-order valence-corrected chi connectivity index (χ2v) is 11.3. The number of aryl methyl sites for hydroxylation is 2. The van der Waals surface area contributed by atoms with Crippen LogP contribution in [-0.4, -0.2) is 51.8 Å². The first-order valence-electron chi connectivity index (χ1n) is 13.8. The third kappa shape index (κ3) is 5.32. The highest BCUT2D eigenvalue weighted by Crippen LogP contribution is 2.51.